The molecule has 1 N–H and O–H groups in total. The van der Waals surface area contributed by atoms with Crippen LogP contribution < -0.4 is 4.74 Å². The zero-order valence-electron chi connectivity index (χ0n) is 6.51. The maximum Gasteiger partial charge on any atom is 0.272 e. The van der Waals surface area contributed by atoms with E-state index in [-0.39, 0.29) is 11.5 Å². The van der Waals surface area contributed by atoms with Crippen LogP contribution in [0.1, 0.15) is 0 Å². The van der Waals surface area contributed by atoms with Crippen LogP contribution >= 0.6 is 15.9 Å². The molecule has 2 nitrogen and oxygen atoms in total. The van der Waals surface area contributed by atoms with Crippen LogP contribution in [0.3, 0.4) is 0 Å². The number of phenols is 1. The van der Waals surface area contributed by atoms with E-state index in [1.54, 1.807) is 0 Å². The van der Waals surface area contributed by atoms with E-state index >= 15 is 0 Å². The van der Waals surface area contributed by atoms with Crippen LogP contribution in [-0.2, 0) is 0 Å². The molecule has 0 saturated carbocycles. The summed E-state index contributed by atoms with van der Waals surface area (Å²) >= 11 is 3.09. The summed E-state index contributed by atoms with van der Waals surface area (Å²) in [5.74, 6) is 0.186. The molecule has 13 heavy (non-hydrogen) atoms. The first-order valence-corrected chi connectivity index (χ1v) is 4.28. The lowest BCUT2D eigenvalue weighted by atomic mass is 10.3. The largest absolute Gasteiger partial charge is 0.508 e. The molecule has 72 valence electrons. The number of rotatable bonds is 3. The van der Waals surface area contributed by atoms with Gasteiger partial charge in [0, 0.05) is 10.5 Å². The van der Waals surface area contributed by atoms with Gasteiger partial charge in [0.1, 0.15) is 18.1 Å². The maximum absolute atomic E-state index is 11.7. The van der Waals surface area contributed by atoms with Gasteiger partial charge < -0.3 is 9.84 Å². The summed E-state index contributed by atoms with van der Waals surface area (Å²) in [5, 5.41) is 9.06. The lowest BCUT2D eigenvalue weighted by Crippen LogP contribution is -2.06. The summed E-state index contributed by atoms with van der Waals surface area (Å²) in [5.41, 5.74) is 0. The molecule has 0 bridgehead atoms. The fourth-order valence-corrected chi connectivity index (χ4v) is 1.25. The number of hydrogen-bond acceptors (Lipinski definition) is 2. The van der Waals surface area contributed by atoms with E-state index in [0.29, 0.717) is 4.47 Å². The molecular weight excluding hydrogens is 246 g/mol. The fourth-order valence-electron chi connectivity index (χ4n) is 0.790. The van der Waals surface area contributed by atoms with E-state index in [9.17, 15) is 8.78 Å². The second-order valence-corrected chi connectivity index (χ2v) is 3.26. The van der Waals surface area contributed by atoms with Gasteiger partial charge in [-0.3, -0.25) is 0 Å². The maximum atomic E-state index is 11.7. The Morgan fingerprint density at radius 2 is 2.08 bits per heavy atom. The molecule has 0 unspecified atom stereocenters. The summed E-state index contributed by atoms with van der Waals surface area (Å²) in [4.78, 5) is 0. The molecule has 5 heteroatoms. The molecule has 0 aliphatic heterocycles. The van der Waals surface area contributed by atoms with Crippen molar-refractivity contribution in [3.63, 3.8) is 0 Å². The third kappa shape index (κ3) is 3.59. The lowest BCUT2D eigenvalue weighted by Gasteiger charge is -2.05. The van der Waals surface area contributed by atoms with Crippen molar-refractivity contribution in [2.45, 2.75) is 6.43 Å². The standard InChI is InChI=1S/C8H7BrF2O2/c9-5-1-6(12)3-7(2-5)13-4-8(10)11/h1-3,8,12H,4H2. The average Bonchev–Trinajstić information content (AvgIpc) is 1.99. The highest BCUT2D eigenvalue weighted by Crippen LogP contribution is 2.25. The second kappa shape index (κ2) is 4.41. The van der Waals surface area contributed by atoms with Crippen molar-refractivity contribution >= 4 is 15.9 Å². The lowest BCUT2D eigenvalue weighted by molar-refractivity contribution is 0.0817. The molecule has 0 heterocycles. The van der Waals surface area contributed by atoms with Gasteiger partial charge in [-0.05, 0) is 12.1 Å². The first-order valence-electron chi connectivity index (χ1n) is 3.48. The van der Waals surface area contributed by atoms with Crippen LogP contribution in [0, 0.1) is 0 Å². The summed E-state index contributed by atoms with van der Waals surface area (Å²) in [6.07, 6.45) is -2.51. The highest BCUT2D eigenvalue weighted by Gasteiger charge is 2.04. The van der Waals surface area contributed by atoms with Crippen molar-refractivity contribution in [3.8, 4) is 11.5 Å². The van der Waals surface area contributed by atoms with Crippen molar-refractivity contribution in [3.05, 3.63) is 22.7 Å². The first-order chi connectivity index (χ1) is 6.08. The van der Waals surface area contributed by atoms with E-state index in [1.807, 2.05) is 0 Å². The molecule has 0 saturated heterocycles. The van der Waals surface area contributed by atoms with Crippen molar-refractivity contribution in [2.75, 3.05) is 6.61 Å². The van der Waals surface area contributed by atoms with Crippen molar-refractivity contribution in [1.82, 2.24) is 0 Å². The monoisotopic (exact) mass is 252 g/mol. The van der Waals surface area contributed by atoms with Crippen LogP contribution in [0.15, 0.2) is 22.7 Å². The zero-order valence-corrected chi connectivity index (χ0v) is 8.09. The molecule has 0 fully saturated rings. The Morgan fingerprint density at radius 3 is 2.62 bits per heavy atom. The minimum absolute atomic E-state index is 0.0290. The van der Waals surface area contributed by atoms with Gasteiger partial charge in [0.05, 0.1) is 0 Å². The van der Waals surface area contributed by atoms with Gasteiger partial charge in [-0.1, -0.05) is 15.9 Å². The molecule has 0 aromatic heterocycles. The molecule has 0 aliphatic rings. The Kier molecular flexibility index (Phi) is 3.48. The Labute approximate surface area is 82.3 Å². The predicted octanol–water partition coefficient (Wildman–Crippen LogP) is 2.80. The van der Waals surface area contributed by atoms with Gasteiger partial charge in [-0.15, -0.1) is 0 Å². The summed E-state index contributed by atoms with van der Waals surface area (Å²) in [6, 6.07) is 4.21. The highest BCUT2D eigenvalue weighted by atomic mass is 79.9. The topological polar surface area (TPSA) is 29.5 Å². The molecular formula is C8H7BrF2O2. The normalized spacial score (nSPS) is 10.5. The molecule has 0 spiro atoms. The van der Waals surface area contributed by atoms with Crippen LogP contribution in [0.25, 0.3) is 0 Å². The summed E-state index contributed by atoms with van der Waals surface area (Å²) in [7, 11) is 0. The van der Waals surface area contributed by atoms with Crippen LogP contribution in [-0.4, -0.2) is 18.1 Å². The minimum atomic E-state index is -2.51. The summed E-state index contributed by atoms with van der Waals surface area (Å²) in [6.45, 7) is -0.671. The van der Waals surface area contributed by atoms with Gasteiger partial charge in [-0.25, -0.2) is 8.78 Å². The van der Waals surface area contributed by atoms with Crippen molar-refractivity contribution < 1.29 is 18.6 Å². The molecule has 0 atom stereocenters. The third-order valence-corrected chi connectivity index (χ3v) is 1.69. The molecule has 0 amide bonds. The van der Waals surface area contributed by atoms with E-state index in [2.05, 4.69) is 20.7 Å². The second-order valence-electron chi connectivity index (χ2n) is 2.35. The molecule has 1 aromatic rings. The Morgan fingerprint density at radius 1 is 1.38 bits per heavy atom. The minimum Gasteiger partial charge on any atom is -0.508 e. The van der Waals surface area contributed by atoms with Gasteiger partial charge in [0.15, 0.2) is 0 Å². The van der Waals surface area contributed by atoms with E-state index in [4.69, 9.17) is 5.11 Å². The van der Waals surface area contributed by atoms with E-state index in [0.717, 1.165) is 0 Å². The predicted molar refractivity (Wildman–Crippen MR) is 47.3 cm³/mol. The van der Waals surface area contributed by atoms with Gasteiger partial charge in [-0.2, -0.15) is 0 Å². The number of benzene rings is 1. The van der Waals surface area contributed by atoms with Crippen molar-refractivity contribution in [1.29, 1.82) is 0 Å². The third-order valence-electron chi connectivity index (χ3n) is 1.23. The highest BCUT2D eigenvalue weighted by molar-refractivity contribution is 9.10. The fraction of sp³-hybridized carbons (Fsp3) is 0.250. The SMILES string of the molecule is Oc1cc(Br)cc(OCC(F)F)c1. The molecule has 1 aromatic carbocycles. The van der Waals surface area contributed by atoms with Crippen LogP contribution in [0.4, 0.5) is 8.78 Å². The summed E-state index contributed by atoms with van der Waals surface area (Å²) < 4.78 is 28.7. The smallest absolute Gasteiger partial charge is 0.272 e. The Balaban J connectivity index is 2.66. The molecule has 0 aliphatic carbocycles. The number of aromatic hydroxyl groups is 1. The van der Waals surface area contributed by atoms with Crippen LogP contribution in [0.2, 0.25) is 0 Å². The van der Waals surface area contributed by atoms with Crippen molar-refractivity contribution in [2.24, 2.45) is 0 Å². The average molecular weight is 253 g/mol. The van der Waals surface area contributed by atoms with Gasteiger partial charge in [0.25, 0.3) is 6.43 Å². The van der Waals surface area contributed by atoms with Crippen LogP contribution in [0.5, 0.6) is 11.5 Å². The number of ether oxygens (including phenoxy) is 1. The Hall–Kier alpha value is -0.840. The first kappa shape index (κ1) is 10.2. The number of phenolic OH excluding ortho intramolecular Hbond substituents is 1. The number of alkyl halides is 2. The van der Waals surface area contributed by atoms with Gasteiger partial charge >= 0.3 is 0 Å². The van der Waals surface area contributed by atoms with E-state index < -0.39 is 13.0 Å². The quantitative estimate of drug-likeness (QED) is 0.897. The molecule has 1 rings (SSSR count). The zero-order chi connectivity index (χ0) is 9.84. The number of hydrogen-bond donors (Lipinski definition) is 1. The van der Waals surface area contributed by atoms with E-state index in [1.165, 1.54) is 18.2 Å². The van der Waals surface area contributed by atoms with Gasteiger partial charge in [0.2, 0.25) is 0 Å². The molecule has 0 radical (unpaired) electrons. The number of halogens is 3. The Bertz CT molecular complexity index is 271.